The number of nitrogens with zero attached hydrogens (tertiary/aromatic N) is 4. The number of hydrogen-bond donors (Lipinski definition) is 1. The van der Waals surface area contributed by atoms with Crippen LogP contribution in [0.2, 0.25) is 0 Å². The first kappa shape index (κ1) is 17.7. The molecule has 2 heterocycles. The Morgan fingerprint density at radius 2 is 1.91 bits per heavy atom. The number of rotatable bonds is 8. The molecule has 0 spiro atoms. The molecule has 0 saturated carbocycles. The van der Waals surface area contributed by atoms with Crippen LogP contribution in [-0.2, 0) is 25.8 Å². The van der Waals surface area contributed by atoms with Gasteiger partial charge in [0, 0.05) is 31.1 Å². The van der Waals surface area contributed by atoms with E-state index in [0.29, 0.717) is 17.9 Å². The molecule has 1 atom stereocenters. The van der Waals surface area contributed by atoms with Crippen LogP contribution in [0.3, 0.4) is 0 Å². The fourth-order valence-corrected chi connectivity index (χ4v) is 2.70. The van der Waals surface area contributed by atoms with Crippen LogP contribution in [-0.4, -0.2) is 33.0 Å². The van der Waals surface area contributed by atoms with Crippen molar-refractivity contribution < 1.29 is 4.52 Å². The van der Waals surface area contributed by atoms with Crippen LogP contribution in [0.1, 0.15) is 49.4 Å². The van der Waals surface area contributed by atoms with Gasteiger partial charge in [0.1, 0.15) is 0 Å². The average molecular weight is 319 g/mol. The summed E-state index contributed by atoms with van der Waals surface area (Å²) in [7, 11) is 1.94. The lowest BCUT2D eigenvalue weighted by Gasteiger charge is -2.07. The highest BCUT2D eigenvalue weighted by molar-refractivity contribution is 5.25. The molecule has 2 rings (SSSR count). The molecule has 0 aliphatic heterocycles. The quantitative estimate of drug-likeness (QED) is 0.809. The third kappa shape index (κ3) is 4.64. The van der Waals surface area contributed by atoms with Crippen molar-refractivity contribution in [2.24, 2.45) is 5.92 Å². The van der Waals surface area contributed by atoms with Crippen LogP contribution < -0.4 is 5.32 Å². The van der Waals surface area contributed by atoms with Gasteiger partial charge in [0.05, 0.1) is 5.69 Å². The molecule has 2 aromatic rings. The van der Waals surface area contributed by atoms with E-state index in [1.807, 2.05) is 7.05 Å². The van der Waals surface area contributed by atoms with Crippen LogP contribution in [0.5, 0.6) is 0 Å². The fraction of sp³-hybridized carbons (Fsp3) is 0.706. The predicted octanol–water partition coefficient (Wildman–Crippen LogP) is 2.47. The van der Waals surface area contributed by atoms with Crippen molar-refractivity contribution in [3.05, 3.63) is 28.7 Å². The summed E-state index contributed by atoms with van der Waals surface area (Å²) in [5.74, 6) is 2.07. The van der Waals surface area contributed by atoms with Gasteiger partial charge in [-0.15, -0.1) is 0 Å². The largest absolute Gasteiger partial charge is 0.339 e. The summed E-state index contributed by atoms with van der Waals surface area (Å²) in [4.78, 5) is 4.48. The van der Waals surface area contributed by atoms with E-state index in [4.69, 9.17) is 4.52 Å². The monoisotopic (exact) mass is 319 g/mol. The summed E-state index contributed by atoms with van der Waals surface area (Å²) in [6, 6.07) is 0.346. The van der Waals surface area contributed by atoms with E-state index in [9.17, 15) is 0 Å². The molecule has 0 radical (unpaired) electrons. The summed E-state index contributed by atoms with van der Waals surface area (Å²) in [5, 5.41) is 11.9. The van der Waals surface area contributed by atoms with E-state index in [-0.39, 0.29) is 0 Å². The molecular weight excluding hydrogens is 290 g/mol. The lowest BCUT2D eigenvalue weighted by atomic mass is 10.1. The molecule has 128 valence electrons. The van der Waals surface area contributed by atoms with Gasteiger partial charge < -0.3 is 9.84 Å². The second kappa shape index (κ2) is 7.73. The molecule has 6 nitrogen and oxygen atoms in total. The Bertz CT molecular complexity index is 629. The van der Waals surface area contributed by atoms with Crippen molar-refractivity contribution in [2.75, 3.05) is 7.05 Å². The van der Waals surface area contributed by atoms with E-state index >= 15 is 0 Å². The standard InChI is InChI=1S/C17H29N5O/c1-11(2)10-22-14(5)15(13(4)20-22)7-8-17-19-16(21-23-17)9-12(3)18-6/h11-12,18H,7-10H2,1-6H3. The molecule has 6 heteroatoms. The highest BCUT2D eigenvalue weighted by Gasteiger charge is 2.15. The van der Waals surface area contributed by atoms with Crippen LogP contribution in [0.15, 0.2) is 4.52 Å². The van der Waals surface area contributed by atoms with Crippen LogP contribution in [0.25, 0.3) is 0 Å². The first-order valence-corrected chi connectivity index (χ1v) is 8.42. The van der Waals surface area contributed by atoms with Gasteiger partial charge in [0.2, 0.25) is 5.89 Å². The Labute approximate surface area is 138 Å². The van der Waals surface area contributed by atoms with E-state index < -0.39 is 0 Å². The summed E-state index contributed by atoms with van der Waals surface area (Å²) in [5.41, 5.74) is 3.65. The van der Waals surface area contributed by atoms with Crippen molar-refractivity contribution in [3.63, 3.8) is 0 Å². The third-order valence-electron chi connectivity index (χ3n) is 4.15. The highest BCUT2D eigenvalue weighted by atomic mass is 16.5. The maximum Gasteiger partial charge on any atom is 0.226 e. The smallest absolute Gasteiger partial charge is 0.226 e. The lowest BCUT2D eigenvalue weighted by molar-refractivity contribution is 0.371. The summed E-state index contributed by atoms with van der Waals surface area (Å²) < 4.78 is 7.48. The Kier molecular flexibility index (Phi) is 5.93. The Balaban J connectivity index is 2.00. The van der Waals surface area contributed by atoms with Crippen LogP contribution >= 0.6 is 0 Å². The molecule has 0 amide bonds. The van der Waals surface area contributed by atoms with E-state index in [1.165, 1.54) is 11.3 Å². The van der Waals surface area contributed by atoms with Gasteiger partial charge >= 0.3 is 0 Å². The second-order valence-corrected chi connectivity index (χ2v) is 6.72. The van der Waals surface area contributed by atoms with Gasteiger partial charge in [-0.25, -0.2) is 0 Å². The topological polar surface area (TPSA) is 68.8 Å². The zero-order chi connectivity index (χ0) is 17.0. The van der Waals surface area contributed by atoms with Crippen LogP contribution in [0.4, 0.5) is 0 Å². The number of aromatic nitrogens is 4. The van der Waals surface area contributed by atoms with Crippen molar-refractivity contribution in [1.82, 2.24) is 25.2 Å². The fourth-order valence-electron chi connectivity index (χ4n) is 2.70. The molecule has 23 heavy (non-hydrogen) atoms. The number of aryl methyl sites for hydroxylation is 2. The van der Waals surface area contributed by atoms with Gasteiger partial charge in [0.15, 0.2) is 5.82 Å². The van der Waals surface area contributed by atoms with Gasteiger partial charge in [-0.2, -0.15) is 10.1 Å². The molecular formula is C17H29N5O. The minimum absolute atomic E-state index is 0.346. The number of likely N-dealkylation sites (N-methyl/N-ethyl adjacent to an activating group) is 1. The van der Waals surface area contributed by atoms with Crippen molar-refractivity contribution in [2.45, 2.75) is 66.5 Å². The zero-order valence-electron chi connectivity index (χ0n) is 15.2. The van der Waals surface area contributed by atoms with Crippen molar-refractivity contribution >= 4 is 0 Å². The summed E-state index contributed by atoms with van der Waals surface area (Å²) in [6.45, 7) is 11.7. The molecule has 0 aliphatic carbocycles. The van der Waals surface area contributed by atoms with E-state index in [2.05, 4.69) is 59.9 Å². The third-order valence-corrected chi connectivity index (χ3v) is 4.15. The Morgan fingerprint density at radius 1 is 1.17 bits per heavy atom. The summed E-state index contributed by atoms with van der Waals surface area (Å²) in [6.07, 6.45) is 2.43. The van der Waals surface area contributed by atoms with Crippen molar-refractivity contribution in [3.8, 4) is 0 Å². The number of nitrogens with one attached hydrogen (secondary N) is 1. The molecule has 1 unspecified atom stereocenters. The maximum atomic E-state index is 5.37. The lowest BCUT2D eigenvalue weighted by Crippen LogP contribution is -2.24. The molecule has 0 bridgehead atoms. The second-order valence-electron chi connectivity index (χ2n) is 6.72. The molecule has 0 saturated heterocycles. The van der Waals surface area contributed by atoms with Gasteiger partial charge in [-0.3, -0.25) is 4.68 Å². The zero-order valence-corrected chi connectivity index (χ0v) is 15.2. The predicted molar refractivity (Wildman–Crippen MR) is 90.5 cm³/mol. The van der Waals surface area contributed by atoms with Gasteiger partial charge in [0.25, 0.3) is 0 Å². The van der Waals surface area contributed by atoms with Crippen LogP contribution in [0, 0.1) is 19.8 Å². The first-order chi connectivity index (χ1) is 10.9. The minimum atomic E-state index is 0.346. The number of hydrogen-bond acceptors (Lipinski definition) is 5. The van der Waals surface area contributed by atoms with E-state index in [0.717, 1.165) is 37.3 Å². The average Bonchev–Trinajstić information content (AvgIpc) is 3.02. The van der Waals surface area contributed by atoms with E-state index in [1.54, 1.807) is 0 Å². The van der Waals surface area contributed by atoms with Gasteiger partial charge in [-0.1, -0.05) is 19.0 Å². The molecule has 0 aromatic carbocycles. The Morgan fingerprint density at radius 3 is 2.57 bits per heavy atom. The minimum Gasteiger partial charge on any atom is -0.339 e. The van der Waals surface area contributed by atoms with Crippen molar-refractivity contribution in [1.29, 1.82) is 0 Å². The molecule has 0 aliphatic rings. The summed E-state index contributed by atoms with van der Waals surface area (Å²) >= 11 is 0. The first-order valence-electron chi connectivity index (χ1n) is 8.42. The highest BCUT2D eigenvalue weighted by Crippen LogP contribution is 2.17. The van der Waals surface area contributed by atoms with Gasteiger partial charge in [-0.05, 0) is 45.7 Å². The maximum absolute atomic E-state index is 5.37. The molecule has 1 N–H and O–H groups in total. The molecule has 2 aromatic heterocycles. The SMILES string of the molecule is CNC(C)Cc1noc(CCc2c(C)nn(CC(C)C)c2C)n1. The normalized spacial score (nSPS) is 13.0. The molecule has 0 fully saturated rings. The Hall–Kier alpha value is -1.69.